The lowest BCUT2D eigenvalue weighted by molar-refractivity contribution is -0.123. The van der Waals surface area contributed by atoms with Crippen molar-refractivity contribution in [2.24, 2.45) is 0 Å². The molecule has 0 radical (unpaired) electrons. The fourth-order valence-corrected chi connectivity index (χ4v) is 3.22. The van der Waals surface area contributed by atoms with Gasteiger partial charge in [0.15, 0.2) is 12.0 Å². The monoisotopic (exact) mass is 415 g/mol. The summed E-state index contributed by atoms with van der Waals surface area (Å²) in [6.07, 6.45) is 0.639. The summed E-state index contributed by atoms with van der Waals surface area (Å²) in [7, 11) is 0. The first-order valence-electron chi connectivity index (χ1n) is 9.85. The van der Waals surface area contributed by atoms with Crippen LogP contribution in [0.2, 0.25) is 0 Å². The zero-order valence-corrected chi connectivity index (χ0v) is 16.7. The summed E-state index contributed by atoms with van der Waals surface area (Å²) >= 11 is 0. The minimum Gasteiger partial charge on any atom is -0.484 e. The van der Waals surface area contributed by atoms with Gasteiger partial charge >= 0.3 is 0 Å². The zero-order chi connectivity index (χ0) is 21.6. The van der Waals surface area contributed by atoms with Crippen LogP contribution in [0.25, 0.3) is 22.1 Å². The van der Waals surface area contributed by atoms with Crippen LogP contribution in [-0.4, -0.2) is 24.2 Å². The highest BCUT2D eigenvalue weighted by atomic mass is 16.5. The van der Waals surface area contributed by atoms with Gasteiger partial charge in [-0.1, -0.05) is 60.7 Å². The van der Waals surface area contributed by atoms with Crippen molar-refractivity contribution in [3.05, 3.63) is 101 Å². The van der Waals surface area contributed by atoms with E-state index in [1.165, 1.54) is 6.26 Å². The van der Waals surface area contributed by atoms with Gasteiger partial charge in [-0.05, 0) is 23.3 Å². The molecule has 156 valence electrons. The normalized spacial score (nSPS) is 11.8. The summed E-state index contributed by atoms with van der Waals surface area (Å²) < 4.78 is 11.2. The highest BCUT2D eigenvalue weighted by Crippen LogP contribution is 2.23. The molecule has 1 aromatic heterocycles. The van der Waals surface area contributed by atoms with Gasteiger partial charge in [0, 0.05) is 12.6 Å². The first-order chi connectivity index (χ1) is 15.1. The maximum atomic E-state index is 12.8. The van der Waals surface area contributed by atoms with Crippen molar-refractivity contribution < 1.29 is 19.1 Å². The maximum absolute atomic E-state index is 12.8. The Bertz CT molecular complexity index is 1240. The predicted octanol–water partition coefficient (Wildman–Crippen LogP) is 3.69. The van der Waals surface area contributed by atoms with Crippen LogP contribution in [0.3, 0.4) is 0 Å². The van der Waals surface area contributed by atoms with E-state index in [2.05, 4.69) is 5.32 Å². The Balaban J connectivity index is 1.39. The number of carbonyl (C=O) groups is 1. The van der Waals surface area contributed by atoms with Crippen LogP contribution in [-0.2, 0) is 4.79 Å². The molecule has 0 spiro atoms. The molecule has 1 unspecified atom stereocenters. The molecule has 6 heteroatoms. The van der Waals surface area contributed by atoms with E-state index < -0.39 is 6.10 Å². The van der Waals surface area contributed by atoms with E-state index in [0.29, 0.717) is 22.3 Å². The third-order valence-corrected chi connectivity index (χ3v) is 4.88. The van der Waals surface area contributed by atoms with Crippen LogP contribution in [0, 0.1) is 0 Å². The number of rotatable bonds is 7. The second-order valence-corrected chi connectivity index (χ2v) is 7.02. The van der Waals surface area contributed by atoms with Crippen LogP contribution in [0.1, 0.15) is 11.7 Å². The van der Waals surface area contributed by atoms with E-state index in [0.717, 1.165) is 11.1 Å². The molecule has 31 heavy (non-hydrogen) atoms. The number of hydrogen-bond acceptors (Lipinski definition) is 5. The molecule has 0 saturated heterocycles. The van der Waals surface area contributed by atoms with Crippen LogP contribution < -0.4 is 15.5 Å². The van der Waals surface area contributed by atoms with Gasteiger partial charge in [-0.25, -0.2) is 0 Å². The second-order valence-electron chi connectivity index (χ2n) is 7.02. The molecule has 0 bridgehead atoms. The van der Waals surface area contributed by atoms with E-state index in [1.807, 2.05) is 48.5 Å². The van der Waals surface area contributed by atoms with E-state index in [-0.39, 0.29) is 24.5 Å². The van der Waals surface area contributed by atoms with Gasteiger partial charge in [-0.15, -0.1) is 0 Å². The van der Waals surface area contributed by atoms with Gasteiger partial charge < -0.3 is 19.6 Å². The quantitative estimate of drug-likeness (QED) is 0.481. The number of nitrogens with one attached hydrogen (secondary N) is 1. The third kappa shape index (κ3) is 4.82. The molecule has 0 saturated carbocycles. The summed E-state index contributed by atoms with van der Waals surface area (Å²) in [5, 5.41) is 13.2. The number of fused-ring (bicyclic) bond motifs is 1. The Hall–Kier alpha value is -3.90. The molecule has 1 amide bonds. The summed E-state index contributed by atoms with van der Waals surface area (Å²) in [4.78, 5) is 24.8. The third-order valence-electron chi connectivity index (χ3n) is 4.88. The van der Waals surface area contributed by atoms with Crippen molar-refractivity contribution in [1.29, 1.82) is 0 Å². The lowest BCUT2D eigenvalue weighted by Crippen LogP contribution is -2.32. The number of aliphatic hydroxyl groups is 1. The molecule has 0 aliphatic heterocycles. The van der Waals surface area contributed by atoms with E-state index in [4.69, 9.17) is 9.15 Å². The molecule has 0 aliphatic carbocycles. The average molecular weight is 415 g/mol. The number of amides is 1. The molecular weight excluding hydrogens is 394 g/mol. The first kappa shape index (κ1) is 20.4. The van der Waals surface area contributed by atoms with Crippen molar-refractivity contribution in [3.63, 3.8) is 0 Å². The first-order valence-corrected chi connectivity index (χ1v) is 9.85. The topological polar surface area (TPSA) is 88.8 Å². The molecule has 0 fully saturated rings. The van der Waals surface area contributed by atoms with Gasteiger partial charge in [0.05, 0.1) is 17.1 Å². The Labute approximate surface area is 178 Å². The second kappa shape index (κ2) is 9.28. The predicted molar refractivity (Wildman–Crippen MR) is 118 cm³/mol. The lowest BCUT2D eigenvalue weighted by Gasteiger charge is -2.12. The standard InChI is InChI=1S/C25H21NO5/c27-22(18-9-5-2-6-10-18)14-26-24(28)16-30-19-11-12-20-23(13-19)31-15-21(25(20)29)17-7-3-1-4-8-17/h1-13,15,22,27H,14,16H2,(H,26,28). The zero-order valence-electron chi connectivity index (χ0n) is 16.7. The van der Waals surface area contributed by atoms with E-state index in [1.54, 1.807) is 30.3 Å². The van der Waals surface area contributed by atoms with E-state index in [9.17, 15) is 14.7 Å². The van der Waals surface area contributed by atoms with Gasteiger partial charge in [0.25, 0.3) is 5.91 Å². The van der Waals surface area contributed by atoms with Gasteiger partial charge in [0.1, 0.15) is 17.6 Å². The highest BCUT2D eigenvalue weighted by molar-refractivity contribution is 5.83. The number of ether oxygens (including phenoxy) is 1. The van der Waals surface area contributed by atoms with Crippen molar-refractivity contribution in [3.8, 4) is 16.9 Å². The fourth-order valence-electron chi connectivity index (χ4n) is 3.22. The minimum atomic E-state index is -0.793. The molecule has 4 rings (SSSR count). The molecular formula is C25H21NO5. The highest BCUT2D eigenvalue weighted by Gasteiger charge is 2.12. The Morgan fingerprint density at radius 3 is 2.45 bits per heavy atom. The largest absolute Gasteiger partial charge is 0.484 e. The van der Waals surface area contributed by atoms with Crippen molar-refractivity contribution in [2.45, 2.75) is 6.10 Å². The summed E-state index contributed by atoms with van der Waals surface area (Å²) in [6.45, 7) is -0.138. The summed E-state index contributed by atoms with van der Waals surface area (Å²) in [6, 6.07) is 23.2. The van der Waals surface area contributed by atoms with Crippen LogP contribution in [0.5, 0.6) is 5.75 Å². The average Bonchev–Trinajstić information content (AvgIpc) is 2.82. The summed E-state index contributed by atoms with van der Waals surface area (Å²) in [5.74, 6) is 0.0397. The molecule has 4 aromatic rings. The van der Waals surface area contributed by atoms with Crippen molar-refractivity contribution >= 4 is 16.9 Å². The van der Waals surface area contributed by atoms with Crippen molar-refractivity contribution in [1.82, 2.24) is 5.32 Å². The minimum absolute atomic E-state index is 0.0844. The van der Waals surface area contributed by atoms with Crippen LogP contribution in [0.4, 0.5) is 0 Å². The van der Waals surface area contributed by atoms with Gasteiger partial charge in [-0.3, -0.25) is 9.59 Å². The number of benzene rings is 3. The fraction of sp³-hybridized carbons (Fsp3) is 0.120. The van der Waals surface area contributed by atoms with E-state index >= 15 is 0 Å². The number of hydrogen-bond donors (Lipinski definition) is 2. The van der Waals surface area contributed by atoms with Crippen LogP contribution >= 0.6 is 0 Å². The molecule has 3 aromatic carbocycles. The number of carbonyl (C=O) groups excluding carboxylic acids is 1. The molecule has 6 nitrogen and oxygen atoms in total. The number of aliphatic hydroxyl groups excluding tert-OH is 1. The Kier molecular flexibility index (Phi) is 6.10. The van der Waals surface area contributed by atoms with Gasteiger partial charge in [0.2, 0.25) is 0 Å². The lowest BCUT2D eigenvalue weighted by atomic mass is 10.1. The Morgan fingerprint density at radius 1 is 1.00 bits per heavy atom. The smallest absolute Gasteiger partial charge is 0.258 e. The molecule has 1 heterocycles. The van der Waals surface area contributed by atoms with Crippen molar-refractivity contribution in [2.75, 3.05) is 13.2 Å². The Morgan fingerprint density at radius 2 is 1.71 bits per heavy atom. The molecule has 1 atom stereocenters. The SMILES string of the molecule is O=C(COc1ccc2c(=O)c(-c3ccccc3)coc2c1)NCC(O)c1ccccc1. The maximum Gasteiger partial charge on any atom is 0.258 e. The molecule has 2 N–H and O–H groups in total. The van der Waals surface area contributed by atoms with Gasteiger partial charge in [-0.2, -0.15) is 0 Å². The molecule has 0 aliphatic rings. The van der Waals surface area contributed by atoms with Crippen LogP contribution in [0.15, 0.2) is 94.3 Å². The summed E-state index contributed by atoms with van der Waals surface area (Å²) in [5.41, 5.74) is 2.24.